The molecule has 0 bridgehead atoms. The predicted octanol–water partition coefficient (Wildman–Crippen LogP) is 11.6. The second-order valence-corrected chi connectivity index (χ2v) is 20.8. The molecule has 2 aliphatic rings. The van der Waals surface area contributed by atoms with Crippen molar-refractivity contribution in [1.29, 1.82) is 0 Å². The molecule has 10 rings (SSSR count). The zero-order chi connectivity index (χ0) is 59.0. The molecule has 0 amide bonds. The Hall–Kier alpha value is -8.98. The molecule has 0 atom stereocenters. The van der Waals surface area contributed by atoms with Gasteiger partial charge in [-0.25, -0.2) is 8.78 Å². The van der Waals surface area contributed by atoms with Gasteiger partial charge in [-0.15, -0.1) is 0 Å². The van der Waals surface area contributed by atoms with Crippen molar-refractivity contribution >= 4 is 55.1 Å². The zero-order valence-corrected chi connectivity index (χ0v) is 45.4. The topological polar surface area (TPSA) is 204 Å². The minimum atomic E-state index is -5.78. The van der Waals surface area contributed by atoms with E-state index in [2.05, 4.69) is 14.2 Å². The minimum Gasteiger partial charge on any atom is -0.508 e. The Bertz CT molecular complexity index is 3700. The third-order valence-corrected chi connectivity index (χ3v) is 14.9. The van der Waals surface area contributed by atoms with Gasteiger partial charge in [0, 0.05) is 67.0 Å². The SMILES string of the molecule is COc1cc2nccc(OS(=O)(=O)C(F)(F)F)c2cc1OC.COc1cc2nccc(Oc3ccc(CC(=O)C4(C(=O)Cc5ccc(F)cc5)CC4)cc3)c2cc1OC.O=C(Cc1ccc(O)cc1)C1(C(=O)Cc2ccc(F)cc2)CC1. The van der Waals surface area contributed by atoms with E-state index >= 15 is 0 Å². The average molecular weight is 1150 g/mol. The van der Waals surface area contributed by atoms with Crippen LogP contribution in [0.2, 0.25) is 0 Å². The second kappa shape index (κ2) is 24.8. The van der Waals surface area contributed by atoms with Gasteiger partial charge in [0.2, 0.25) is 0 Å². The van der Waals surface area contributed by atoms with Crippen LogP contribution in [0.25, 0.3) is 21.8 Å². The molecule has 0 radical (unpaired) electrons. The maximum atomic E-state index is 13.2. The largest absolute Gasteiger partial charge is 0.534 e. The number of phenols is 1. The van der Waals surface area contributed by atoms with Crippen LogP contribution < -0.4 is 27.9 Å². The first-order chi connectivity index (χ1) is 39.1. The van der Waals surface area contributed by atoms with Crippen LogP contribution in [0, 0.1) is 22.5 Å². The Labute approximate surface area is 467 Å². The Morgan fingerprint density at radius 3 is 1.17 bits per heavy atom. The lowest BCUT2D eigenvalue weighted by Gasteiger charge is -2.14. The van der Waals surface area contributed by atoms with Crippen molar-refractivity contribution in [3.05, 3.63) is 180 Å². The standard InChI is InChI=1S/C30H26FNO5.C19H17FO3.C12H10F3NO5S/c1-35-26-17-23-24(18-27(26)36-2)32-14-11-25(23)37-22-9-5-20(6-10-22)16-29(34)30(12-13-30)28(33)15-19-3-7-21(31)8-4-19;20-15-5-1-13(2-6-15)11-17(22)19(9-10-19)18(23)12-14-3-7-16(21)8-4-14;1-19-10-5-7-8(6-11(10)20-2)16-4-3-9(7)21-22(17,18)12(13,14)15/h3-11,14,17-18H,12-13,15-16H2,1-2H3;1-8,21H,9-12H2;3-6H,1-2H3. The van der Waals surface area contributed by atoms with Gasteiger partial charge in [0.1, 0.15) is 28.9 Å². The fourth-order valence-electron chi connectivity index (χ4n) is 8.94. The van der Waals surface area contributed by atoms with Gasteiger partial charge >= 0.3 is 15.6 Å². The van der Waals surface area contributed by atoms with Gasteiger partial charge in [0.15, 0.2) is 51.9 Å². The first-order valence-electron chi connectivity index (χ1n) is 25.3. The molecule has 2 aromatic heterocycles. The van der Waals surface area contributed by atoms with Crippen LogP contribution in [0.4, 0.5) is 22.0 Å². The summed E-state index contributed by atoms with van der Waals surface area (Å²) in [5.41, 5.74) is -3.39. The van der Waals surface area contributed by atoms with Crippen LogP contribution in [-0.4, -0.2) is 80.6 Å². The Kier molecular flexibility index (Phi) is 17.9. The van der Waals surface area contributed by atoms with Crippen molar-refractivity contribution < 1.29 is 82.5 Å². The van der Waals surface area contributed by atoms with Crippen LogP contribution in [0.5, 0.6) is 46.0 Å². The van der Waals surface area contributed by atoms with Crippen LogP contribution in [-0.2, 0) is 55.0 Å². The molecule has 8 aromatic rings. The molecule has 0 unspecified atom stereocenters. The van der Waals surface area contributed by atoms with E-state index in [1.165, 1.54) is 62.8 Å². The highest BCUT2D eigenvalue weighted by Crippen LogP contribution is 2.50. The molecular weight excluding hydrogens is 1100 g/mol. The quantitative estimate of drug-likeness (QED) is 0.0326. The lowest BCUT2D eigenvalue weighted by Crippen LogP contribution is -2.28. The Balaban J connectivity index is 0.000000170. The number of benzene rings is 6. The number of aromatic nitrogens is 2. The fraction of sp³-hybridized carbons (Fsp3) is 0.246. The Morgan fingerprint density at radius 1 is 0.488 bits per heavy atom. The maximum Gasteiger partial charge on any atom is 0.534 e. The summed E-state index contributed by atoms with van der Waals surface area (Å²) in [4.78, 5) is 59.3. The molecule has 2 heterocycles. The number of carbonyl (C=O) groups excluding carboxylic acids is 4. The minimum absolute atomic E-state index is 0.0352. The maximum absolute atomic E-state index is 13.2. The predicted molar refractivity (Wildman–Crippen MR) is 291 cm³/mol. The van der Waals surface area contributed by atoms with Crippen molar-refractivity contribution in [2.75, 3.05) is 28.4 Å². The van der Waals surface area contributed by atoms with Gasteiger partial charge in [0.05, 0.1) is 50.3 Å². The zero-order valence-electron chi connectivity index (χ0n) is 44.6. The summed E-state index contributed by atoms with van der Waals surface area (Å²) in [6.07, 6.45) is 5.74. The molecule has 0 aliphatic heterocycles. The molecule has 82 heavy (non-hydrogen) atoms. The number of carbonyl (C=O) groups is 4. The van der Waals surface area contributed by atoms with E-state index in [1.54, 1.807) is 81.1 Å². The van der Waals surface area contributed by atoms with Crippen LogP contribution in [0.3, 0.4) is 0 Å². The van der Waals surface area contributed by atoms with Gasteiger partial charge in [-0.3, -0.25) is 29.1 Å². The number of aromatic hydroxyl groups is 1. The third kappa shape index (κ3) is 13.8. The number of hydrogen-bond acceptors (Lipinski definition) is 15. The number of methoxy groups -OCH3 is 4. The number of ketones is 4. The highest BCUT2D eigenvalue weighted by molar-refractivity contribution is 7.88. The van der Waals surface area contributed by atoms with Crippen molar-refractivity contribution in [3.63, 3.8) is 0 Å². The number of rotatable bonds is 20. The molecule has 426 valence electrons. The average Bonchev–Trinajstić information content (AvgIpc) is 3.50. The van der Waals surface area contributed by atoms with Crippen molar-refractivity contribution in [2.45, 2.75) is 56.9 Å². The Morgan fingerprint density at radius 2 is 0.817 bits per heavy atom. The lowest BCUT2D eigenvalue weighted by molar-refractivity contribution is -0.135. The molecule has 15 nitrogen and oxygen atoms in total. The molecule has 0 saturated heterocycles. The number of halogens is 5. The summed E-state index contributed by atoms with van der Waals surface area (Å²) in [5.74, 6) is 1.46. The highest BCUT2D eigenvalue weighted by atomic mass is 32.2. The molecule has 1 N–H and O–H groups in total. The van der Waals surface area contributed by atoms with Gasteiger partial charge in [-0.05, 0) is 115 Å². The lowest BCUT2D eigenvalue weighted by atomic mass is 9.88. The molecule has 2 aliphatic carbocycles. The van der Waals surface area contributed by atoms with E-state index in [-0.39, 0.29) is 82.9 Å². The van der Waals surface area contributed by atoms with E-state index in [0.29, 0.717) is 65.5 Å². The molecule has 2 saturated carbocycles. The van der Waals surface area contributed by atoms with Gasteiger partial charge in [0.25, 0.3) is 0 Å². The van der Waals surface area contributed by atoms with E-state index in [4.69, 9.17) is 23.7 Å². The highest BCUT2D eigenvalue weighted by Gasteiger charge is 2.55. The summed E-state index contributed by atoms with van der Waals surface area (Å²) in [6.45, 7) is 0. The van der Waals surface area contributed by atoms with E-state index in [1.807, 2.05) is 18.2 Å². The molecule has 6 aromatic carbocycles. The first-order valence-corrected chi connectivity index (χ1v) is 26.7. The third-order valence-electron chi connectivity index (χ3n) is 13.9. The molecular formula is C61H53F5N2O13S. The number of hydrogen-bond donors (Lipinski definition) is 1. The molecule has 21 heteroatoms. The number of phenolic OH excluding ortho intramolecular Hbond substituents is 1. The number of fused-ring (bicyclic) bond motifs is 2. The van der Waals surface area contributed by atoms with E-state index in [9.17, 15) is 54.7 Å². The van der Waals surface area contributed by atoms with Crippen LogP contribution in [0.15, 0.2) is 146 Å². The molecule has 2 fully saturated rings. The van der Waals surface area contributed by atoms with Crippen molar-refractivity contribution in [2.24, 2.45) is 10.8 Å². The second-order valence-electron chi connectivity index (χ2n) is 19.3. The van der Waals surface area contributed by atoms with Crippen molar-refractivity contribution in [1.82, 2.24) is 9.97 Å². The van der Waals surface area contributed by atoms with Crippen LogP contribution in [0.1, 0.15) is 47.9 Å². The van der Waals surface area contributed by atoms with E-state index in [0.717, 1.165) is 34.3 Å². The number of ether oxygens (including phenoxy) is 5. The van der Waals surface area contributed by atoms with Crippen molar-refractivity contribution in [3.8, 4) is 46.0 Å². The summed E-state index contributed by atoms with van der Waals surface area (Å²) in [6, 6.07) is 34.4. The summed E-state index contributed by atoms with van der Waals surface area (Å²) in [5, 5.41) is 10.1. The summed E-state index contributed by atoms with van der Waals surface area (Å²) >= 11 is 0. The van der Waals surface area contributed by atoms with Gasteiger partial charge < -0.3 is 33.0 Å². The number of pyridine rings is 2. The van der Waals surface area contributed by atoms with E-state index < -0.39 is 32.2 Å². The summed E-state index contributed by atoms with van der Waals surface area (Å²) < 4.78 is 117. The van der Waals surface area contributed by atoms with Gasteiger partial charge in [-0.1, -0.05) is 48.5 Å². The number of nitrogens with zero attached hydrogens (tertiary/aromatic N) is 2. The summed E-state index contributed by atoms with van der Waals surface area (Å²) in [7, 11) is 0.0667. The number of alkyl halides is 3. The first kappa shape index (κ1) is 59.1. The normalized spacial score (nSPS) is 13.7. The van der Waals surface area contributed by atoms with Gasteiger partial charge in [-0.2, -0.15) is 21.6 Å². The molecule has 0 spiro atoms. The fourth-order valence-corrected chi connectivity index (χ4v) is 9.41. The smallest absolute Gasteiger partial charge is 0.508 e. The van der Waals surface area contributed by atoms with Crippen LogP contribution >= 0.6 is 0 Å². The number of Topliss-reactive ketones (excluding diaryl/α,β-unsaturated/α-hetero) is 4. The monoisotopic (exact) mass is 1150 g/mol.